The first kappa shape index (κ1) is 20.9. The summed E-state index contributed by atoms with van der Waals surface area (Å²) < 4.78 is 11.7. The molecule has 4 atom stereocenters. The van der Waals surface area contributed by atoms with Crippen LogP contribution in [0.25, 0.3) is 0 Å². The average molecular weight is 399 g/mol. The highest BCUT2D eigenvalue weighted by Crippen LogP contribution is 2.39. The molecule has 29 heavy (non-hydrogen) atoms. The number of pyridine rings is 2. The molecule has 0 saturated heterocycles. The molecule has 1 saturated carbocycles. The van der Waals surface area contributed by atoms with Crippen LogP contribution in [0.4, 0.5) is 10.5 Å². The number of hydrogen-bond acceptors (Lipinski definition) is 6. The van der Waals surface area contributed by atoms with Gasteiger partial charge >= 0.3 is 6.09 Å². The normalized spacial score (nSPS) is 24.6. The van der Waals surface area contributed by atoms with Gasteiger partial charge < -0.3 is 20.5 Å². The average Bonchev–Trinajstić information content (AvgIpc) is 2.64. The van der Waals surface area contributed by atoms with Crippen molar-refractivity contribution in [1.29, 1.82) is 0 Å². The molecule has 0 aromatic carbocycles. The minimum absolute atomic E-state index is 0.170. The molecule has 2 aromatic heterocycles. The zero-order chi connectivity index (χ0) is 21.0. The van der Waals surface area contributed by atoms with Crippen molar-refractivity contribution in [2.45, 2.75) is 64.2 Å². The van der Waals surface area contributed by atoms with Crippen molar-refractivity contribution in [3.8, 4) is 5.88 Å². The Balaban J connectivity index is 1.82. The molecule has 1 aliphatic rings. The third-order valence-electron chi connectivity index (χ3n) is 5.08. The number of nitrogens with one attached hydrogen (secondary N) is 1. The molecule has 2 heterocycles. The predicted molar refractivity (Wildman–Crippen MR) is 112 cm³/mol. The molecule has 3 rings (SSSR count). The van der Waals surface area contributed by atoms with E-state index in [9.17, 15) is 4.79 Å². The summed E-state index contributed by atoms with van der Waals surface area (Å²) in [5, 5.41) is 3.02. The molecule has 1 aliphatic carbocycles. The van der Waals surface area contributed by atoms with Gasteiger partial charge in [-0.1, -0.05) is 13.0 Å². The second-order valence-corrected chi connectivity index (χ2v) is 8.65. The van der Waals surface area contributed by atoms with Gasteiger partial charge in [0, 0.05) is 18.5 Å². The zero-order valence-corrected chi connectivity index (χ0v) is 17.5. The second-order valence-electron chi connectivity index (χ2n) is 8.65. The summed E-state index contributed by atoms with van der Waals surface area (Å²) in [7, 11) is 0. The van der Waals surface area contributed by atoms with Gasteiger partial charge in [-0.15, -0.1) is 0 Å². The summed E-state index contributed by atoms with van der Waals surface area (Å²) in [5.41, 5.74) is 7.32. The third-order valence-corrected chi connectivity index (χ3v) is 5.08. The standard InChI is InChI=1S/C22H30N4O3/c1-14-11-15(16-8-10-24-13-17(16)23)12-18(26-21(27)29-22(2,3)4)20(14)28-19-7-5-6-9-25-19/h5-10,13-15,18,20H,11-12,23H2,1-4H3,(H,26,27)/t14-,15?,18+,20-/m1/s1. The molecular weight excluding hydrogens is 368 g/mol. The van der Waals surface area contributed by atoms with Crippen LogP contribution >= 0.6 is 0 Å². The molecular formula is C22H30N4O3. The lowest BCUT2D eigenvalue weighted by Crippen LogP contribution is -2.53. The summed E-state index contributed by atoms with van der Waals surface area (Å²) in [5.74, 6) is 0.905. The number of hydrogen-bond donors (Lipinski definition) is 2. The molecule has 156 valence electrons. The van der Waals surface area contributed by atoms with Crippen molar-refractivity contribution in [2.24, 2.45) is 5.92 Å². The van der Waals surface area contributed by atoms with Crippen LogP contribution in [0.3, 0.4) is 0 Å². The fourth-order valence-electron chi connectivity index (χ4n) is 3.91. The first-order valence-electron chi connectivity index (χ1n) is 9.99. The fraction of sp³-hybridized carbons (Fsp3) is 0.500. The van der Waals surface area contributed by atoms with E-state index in [1.54, 1.807) is 18.6 Å². The zero-order valence-electron chi connectivity index (χ0n) is 17.5. The van der Waals surface area contributed by atoms with Crippen LogP contribution in [0.1, 0.15) is 52.0 Å². The molecule has 0 radical (unpaired) electrons. The summed E-state index contributed by atoms with van der Waals surface area (Å²) in [6.45, 7) is 7.66. The Morgan fingerprint density at radius 3 is 2.66 bits per heavy atom. The smallest absolute Gasteiger partial charge is 0.408 e. The first-order chi connectivity index (χ1) is 13.7. The van der Waals surface area contributed by atoms with Gasteiger partial charge in [-0.25, -0.2) is 9.78 Å². The van der Waals surface area contributed by atoms with Crippen LogP contribution in [0.15, 0.2) is 42.9 Å². The van der Waals surface area contributed by atoms with Crippen molar-refractivity contribution in [2.75, 3.05) is 5.73 Å². The maximum Gasteiger partial charge on any atom is 0.408 e. The Kier molecular flexibility index (Phi) is 6.25. The number of rotatable bonds is 4. The lowest BCUT2D eigenvalue weighted by molar-refractivity contribution is 0.0261. The predicted octanol–water partition coefficient (Wildman–Crippen LogP) is 3.91. The van der Waals surface area contributed by atoms with E-state index in [2.05, 4.69) is 22.2 Å². The Morgan fingerprint density at radius 1 is 1.21 bits per heavy atom. The molecule has 7 nitrogen and oxygen atoms in total. The second kappa shape index (κ2) is 8.68. The monoisotopic (exact) mass is 398 g/mol. The highest BCUT2D eigenvalue weighted by atomic mass is 16.6. The lowest BCUT2D eigenvalue weighted by Gasteiger charge is -2.41. The first-order valence-corrected chi connectivity index (χ1v) is 9.99. The number of nitrogens with zero attached hydrogens (tertiary/aromatic N) is 2. The molecule has 3 N–H and O–H groups in total. The number of nitrogen functional groups attached to an aromatic ring is 1. The van der Waals surface area contributed by atoms with Gasteiger partial charge in [0.15, 0.2) is 0 Å². The van der Waals surface area contributed by atoms with Crippen molar-refractivity contribution in [3.63, 3.8) is 0 Å². The van der Waals surface area contributed by atoms with Crippen molar-refractivity contribution < 1.29 is 14.3 Å². The van der Waals surface area contributed by atoms with E-state index in [0.29, 0.717) is 18.0 Å². The third kappa shape index (κ3) is 5.59. The van der Waals surface area contributed by atoms with Crippen LogP contribution < -0.4 is 15.8 Å². The number of nitrogens with two attached hydrogens (primary N) is 1. The molecule has 0 aliphatic heterocycles. The van der Waals surface area contributed by atoms with Gasteiger partial charge in [-0.3, -0.25) is 4.98 Å². The van der Waals surface area contributed by atoms with E-state index < -0.39 is 11.7 Å². The van der Waals surface area contributed by atoms with Gasteiger partial charge in [0.05, 0.1) is 17.9 Å². The molecule has 2 aromatic rings. The largest absolute Gasteiger partial charge is 0.472 e. The summed E-state index contributed by atoms with van der Waals surface area (Å²) in [4.78, 5) is 20.9. The topological polar surface area (TPSA) is 99.4 Å². The summed E-state index contributed by atoms with van der Waals surface area (Å²) in [6, 6.07) is 7.26. The van der Waals surface area contributed by atoms with E-state index in [4.69, 9.17) is 15.2 Å². The molecule has 0 bridgehead atoms. The van der Waals surface area contributed by atoms with E-state index in [1.165, 1.54) is 0 Å². The van der Waals surface area contributed by atoms with Gasteiger partial charge in [-0.05, 0) is 63.1 Å². The van der Waals surface area contributed by atoms with Crippen LogP contribution in [0.2, 0.25) is 0 Å². The lowest BCUT2D eigenvalue weighted by atomic mass is 9.74. The van der Waals surface area contributed by atoms with Crippen molar-refractivity contribution >= 4 is 11.8 Å². The minimum atomic E-state index is -0.573. The van der Waals surface area contributed by atoms with Crippen molar-refractivity contribution in [1.82, 2.24) is 15.3 Å². The maximum absolute atomic E-state index is 12.5. The number of amides is 1. The van der Waals surface area contributed by atoms with Crippen LogP contribution in [-0.4, -0.2) is 33.8 Å². The maximum atomic E-state index is 12.5. The molecule has 1 unspecified atom stereocenters. The highest BCUT2D eigenvalue weighted by molar-refractivity contribution is 5.68. The van der Waals surface area contributed by atoms with Gasteiger partial charge in [0.2, 0.25) is 5.88 Å². The van der Waals surface area contributed by atoms with Crippen molar-refractivity contribution in [3.05, 3.63) is 48.4 Å². The van der Waals surface area contributed by atoms with E-state index in [-0.39, 0.29) is 24.0 Å². The quantitative estimate of drug-likeness (QED) is 0.810. The van der Waals surface area contributed by atoms with E-state index >= 15 is 0 Å². The Morgan fingerprint density at radius 2 is 2.00 bits per heavy atom. The minimum Gasteiger partial charge on any atom is -0.472 e. The van der Waals surface area contributed by atoms with Crippen LogP contribution in [0, 0.1) is 5.92 Å². The molecule has 7 heteroatoms. The van der Waals surface area contributed by atoms with Gasteiger partial charge in [-0.2, -0.15) is 0 Å². The number of alkyl carbamates (subject to hydrolysis) is 1. The Labute approximate surface area is 172 Å². The highest BCUT2D eigenvalue weighted by Gasteiger charge is 2.40. The number of aromatic nitrogens is 2. The summed E-state index contributed by atoms with van der Waals surface area (Å²) in [6.07, 6.45) is 6.02. The molecule has 0 spiro atoms. The number of ether oxygens (including phenoxy) is 2. The van der Waals surface area contributed by atoms with Gasteiger partial charge in [0.1, 0.15) is 11.7 Å². The fourth-order valence-corrected chi connectivity index (χ4v) is 3.91. The van der Waals surface area contributed by atoms with Gasteiger partial charge in [0.25, 0.3) is 0 Å². The SMILES string of the molecule is C[C@@H]1CC(c2ccncc2N)C[C@H](NC(=O)OC(C)(C)C)[C@@H]1Oc1ccccn1. The van der Waals surface area contributed by atoms with E-state index in [0.717, 1.165) is 12.0 Å². The summed E-state index contributed by atoms with van der Waals surface area (Å²) >= 11 is 0. The number of carbonyl (C=O) groups is 1. The Bertz CT molecular complexity index is 822. The molecule has 1 fully saturated rings. The van der Waals surface area contributed by atoms with Crippen LogP contribution in [-0.2, 0) is 4.74 Å². The molecule has 1 amide bonds. The van der Waals surface area contributed by atoms with Crippen LogP contribution in [0.5, 0.6) is 5.88 Å². The Hall–Kier alpha value is -2.83. The van der Waals surface area contributed by atoms with E-state index in [1.807, 2.05) is 45.0 Å². The number of anilines is 1. The number of carbonyl (C=O) groups excluding carboxylic acids is 1.